The Morgan fingerprint density at radius 3 is 2.83 bits per heavy atom. The van der Waals surface area contributed by atoms with E-state index in [4.69, 9.17) is 4.74 Å². The number of carbonyl (C=O) groups excluding carboxylic acids is 2. The average Bonchev–Trinajstić information content (AvgIpc) is 2.62. The van der Waals surface area contributed by atoms with Gasteiger partial charge in [-0.15, -0.1) is 0 Å². The Morgan fingerprint density at radius 1 is 1.29 bits per heavy atom. The molecule has 6 heteroatoms. The number of hydrogen-bond donors (Lipinski definition) is 3. The molecule has 3 N–H and O–H groups in total. The maximum atomic E-state index is 12.3. The predicted molar refractivity (Wildman–Crippen MR) is 90.1 cm³/mol. The van der Waals surface area contributed by atoms with E-state index in [1.54, 1.807) is 6.92 Å². The summed E-state index contributed by atoms with van der Waals surface area (Å²) in [5.41, 5.74) is 5.81. The van der Waals surface area contributed by atoms with Gasteiger partial charge in [-0.05, 0) is 37.8 Å². The number of para-hydroxylation sites is 1. The van der Waals surface area contributed by atoms with Crippen LogP contribution in [0.4, 0.5) is 0 Å². The van der Waals surface area contributed by atoms with Crippen LogP contribution < -0.4 is 20.9 Å². The summed E-state index contributed by atoms with van der Waals surface area (Å²) in [5.74, 6) is 0.974. The minimum atomic E-state index is -0.562. The van der Waals surface area contributed by atoms with Gasteiger partial charge in [0.2, 0.25) is 5.91 Å². The smallest absolute Gasteiger partial charge is 0.260 e. The van der Waals surface area contributed by atoms with Gasteiger partial charge in [-0.25, -0.2) is 5.43 Å². The third kappa shape index (κ3) is 3.87. The van der Waals surface area contributed by atoms with Gasteiger partial charge >= 0.3 is 0 Å². The Morgan fingerprint density at radius 2 is 2.04 bits per heavy atom. The van der Waals surface area contributed by atoms with E-state index in [1.807, 2.05) is 30.3 Å². The summed E-state index contributed by atoms with van der Waals surface area (Å²) in [5, 5.41) is 2.94. The normalized spacial score (nSPS) is 27.5. The number of hydrogen-bond acceptors (Lipinski definition) is 4. The second-order valence-corrected chi connectivity index (χ2v) is 6.61. The third-order valence-corrected chi connectivity index (χ3v) is 4.98. The van der Waals surface area contributed by atoms with Gasteiger partial charge in [0.25, 0.3) is 5.91 Å². The van der Waals surface area contributed by atoms with Gasteiger partial charge in [0.05, 0.1) is 0 Å². The molecule has 1 aliphatic heterocycles. The van der Waals surface area contributed by atoms with E-state index in [9.17, 15) is 9.59 Å². The molecular weight excluding hydrogens is 306 g/mol. The van der Waals surface area contributed by atoms with Crippen molar-refractivity contribution in [3.05, 3.63) is 30.3 Å². The lowest BCUT2D eigenvalue weighted by Crippen LogP contribution is -2.62. The number of rotatable bonds is 5. The van der Waals surface area contributed by atoms with Crippen LogP contribution in [0.15, 0.2) is 30.3 Å². The monoisotopic (exact) mass is 331 g/mol. The fourth-order valence-electron chi connectivity index (χ4n) is 3.64. The first kappa shape index (κ1) is 16.8. The van der Waals surface area contributed by atoms with Crippen molar-refractivity contribution >= 4 is 11.8 Å². The van der Waals surface area contributed by atoms with Crippen molar-refractivity contribution in [3.63, 3.8) is 0 Å². The Bertz CT molecular complexity index is 578. The Kier molecular flexibility index (Phi) is 5.35. The fourth-order valence-corrected chi connectivity index (χ4v) is 3.64. The lowest BCUT2D eigenvalue weighted by molar-refractivity contribution is -0.133. The average molecular weight is 331 g/mol. The fraction of sp³-hybridized carbons (Fsp3) is 0.556. The van der Waals surface area contributed by atoms with Crippen LogP contribution in [-0.2, 0) is 9.59 Å². The van der Waals surface area contributed by atoms with Gasteiger partial charge in [-0.1, -0.05) is 31.0 Å². The SMILES string of the molecule is CC(Oc1ccccc1)C(=O)NCC1NNC(=O)C2CCCCC12. The first-order valence-electron chi connectivity index (χ1n) is 8.70. The number of carbonyl (C=O) groups is 2. The number of benzene rings is 1. The summed E-state index contributed by atoms with van der Waals surface area (Å²) < 4.78 is 5.64. The van der Waals surface area contributed by atoms with Crippen LogP contribution in [0, 0.1) is 11.8 Å². The van der Waals surface area contributed by atoms with Crippen LogP contribution in [0.2, 0.25) is 0 Å². The van der Waals surface area contributed by atoms with E-state index in [-0.39, 0.29) is 29.7 Å². The van der Waals surface area contributed by atoms with Crippen LogP contribution in [-0.4, -0.2) is 30.5 Å². The highest BCUT2D eigenvalue weighted by molar-refractivity contribution is 5.81. The summed E-state index contributed by atoms with van der Waals surface area (Å²) in [6.45, 7) is 2.23. The summed E-state index contributed by atoms with van der Waals surface area (Å²) in [6.07, 6.45) is 3.66. The number of hydrazine groups is 1. The highest BCUT2D eigenvalue weighted by Crippen LogP contribution is 2.34. The van der Waals surface area contributed by atoms with Crippen molar-refractivity contribution in [2.75, 3.05) is 6.54 Å². The van der Waals surface area contributed by atoms with Crippen molar-refractivity contribution in [1.82, 2.24) is 16.2 Å². The molecule has 0 aromatic heterocycles. The van der Waals surface area contributed by atoms with Crippen LogP contribution in [0.1, 0.15) is 32.6 Å². The van der Waals surface area contributed by atoms with Gasteiger partial charge in [0.15, 0.2) is 6.10 Å². The molecule has 2 fully saturated rings. The lowest BCUT2D eigenvalue weighted by Gasteiger charge is -2.41. The van der Waals surface area contributed by atoms with E-state index in [0.717, 1.165) is 25.7 Å². The maximum absolute atomic E-state index is 12.3. The van der Waals surface area contributed by atoms with Gasteiger partial charge in [0.1, 0.15) is 5.75 Å². The molecule has 6 nitrogen and oxygen atoms in total. The molecule has 2 aliphatic rings. The zero-order valence-corrected chi connectivity index (χ0v) is 14.0. The molecule has 3 rings (SSSR count). The molecule has 130 valence electrons. The molecule has 4 unspecified atom stereocenters. The van der Waals surface area contributed by atoms with Crippen molar-refractivity contribution in [2.45, 2.75) is 44.8 Å². The standard InChI is InChI=1S/C18H25N3O3/c1-12(24-13-7-3-2-4-8-13)17(22)19-11-16-14-9-5-6-10-15(14)18(23)21-20-16/h2-4,7-8,12,14-16,20H,5-6,9-11H2,1H3,(H,19,22)(H,21,23). The number of fused-ring (bicyclic) bond motifs is 1. The molecule has 1 heterocycles. The van der Waals surface area contributed by atoms with Gasteiger partial charge in [-0.2, -0.15) is 0 Å². The summed E-state index contributed by atoms with van der Waals surface area (Å²) >= 11 is 0. The quantitative estimate of drug-likeness (QED) is 0.761. The van der Waals surface area contributed by atoms with Crippen LogP contribution in [0.25, 0.3) is 0 Å². The molecule has 1 aliphatic carbocycles. The number of nitrogens with one attached hydrogen (secondary N) is 3. The number of ether oxygens (including phenoxy) is 1. The molecule has 0 bridgehead atoms. The maximum Gasteiger partial charge on any atom is 0.260 e. The van der Waals surface area contributed by atoms with E-state index < -0.39 is 6.10 Å². The van der Waals surface area contributed by atoms with Crippen molar-refractivity contribution in [2.24, 2.45) is 11.8 Å². The van der Waals surface area contributed by atoms with Gasteiger partial charge in [-0.3, -0.25) is 15.0 Å². The van der Waals surface area contributed by atoms with Crippen LogP contribution in [0.5, 0.6) is 5.75 Å². The molecular formula is C18H25N3O3. The predicted octanol–water partition coefficient (Wildman–Crippen LogP) is 1.38. The first-order valence-corrected chi connectivity index (χ1v) is 8.70. The molecule has 1 saturated carbocycles. The van der Waals surface area contributed by atoms with Crippen molar-refractivity contribution in [1.29, 1.82) is 0 Å². The third-order valence-electron chi connectivity index (χ3n) is 4.98. The molecule has 1 aromatic carbocycles. The summed E-state index contributed by atoms with van der Waals surface area (Å²) in [7, 11) is 0. The van der Waals surface area contributed by atoms with Gasteiger partial charge < -0.3 is 10.1 Å². The minimum Gasteiger partial charge on any atom is -0.481 e. The van der Waals surface area contributed by atoms with Crippen LogP contribution >= 0.6 is 0 Å². The topological polar surface area (TPSA) is 79.5 Å². The Labute approximate surface area is 142 Å². The minimum absolute atomic E-state index is 0.0693. The van der Waals surface area contributed by atoms with Crippen molar-refractivity contribution in [3.8, 4) is 5.75 Å². The molecule has 4 atom stereocenters. The molecule has 1 aromatic rings. The Balaban J connectivity index is 1.51. The van der Waals surface area contributed by atoms with Gasteiger partial charge in [0, 0.05) is 18.5 Å². The van der Waals surface area contributed by atoms with E-state index in [0.29, 0.717) is 12.3 Å². The molecule has 1 saturated heterocycles. The number of amides is 2. The second kappa shape index (κ2) is 7.66. The first-order chi connectivity index (χ1) is 11.6. The van der Waals surface area contributed by atoms with Crippen molar-refractivity contribution < 1.29 is 14.3 Å². The molecule has 2 amide bonds. The highest BCUT2D eigenvalue weighted by atomic mass is 16.5. The highest BCUT2D eigenvalue weighted by Gasteiger charge is 2.39. The largest absolute Gasteiger partial charge is 0.481 e. The zero-order valence-electron chi connectivity index (χ0n) is 14.0. The van der Waals surface area contributed by atoms with E-state index >= 15 is 0 Å². The molecule has 0 radical (unpaired) electrons. The molecule has 24 heavy (non-hydrogen) atoms. The van der Waals surface area contributed by atoms with E-state index in [1.165, 1.54) is 0 Å². The summed E-state index contributed by atoms with van der Waals surface area (Å²) in [4.78, 5) is 24.2. The second-order valence-electron chi connectivity index (χ2n) is 6.61. The van der Waals surface area contributed by atoms with Crippen LogP contribution in [0.3, 0.4) is 0 Å². The zero-order chi connectivity index (χ0) is 16.9. The van der Waals surface area contributed by atoms with E-state index in [2.05, 4.69) is 16.2 Å². The summed E-state index contributed by atoms with van der Waals surface area (Å²) in [6, 6.07) is 9.38. The lowest BCUT2D eigenvalue weighted by atomic mass is 9.74. The Hall–Kier alpha value is -2.08. The molecule has 0 spiro atoms.